The second-order valence-corrected chi connectivity index (χ2v) is 8.54. The average molecular weight is 402 g/mol. The van der Waals surface area contributed by atoms with Gasteiger partial charge in [0, 0.05) is 18.5 Å². The molecular formula is C20H22N2O5S. The highest BCUT2D eigenvalue weighted by Gasteiger charge is 2.31. The molecule has 0 saturated carbocycles. The lowest BCUT2D eigenvalue weighted by molar-refractivity contribution is 0.0735. The van der Waals surface area contributed by atoms with E-state index in [4.69, 9.17) is 14.6 Å². The Kier molecular flexibility index (Phi) is 4.99. The van der Waals surface area contributed by atoms with Gasteiger partial charge in [-0.25, -0.2) is 13.6 Å². The molecule has 0 aromatic heterocycles. The van der Waals surface area contributed by atoms with Gasteiger partial charge in [0.1, 0.15) is 0 Å². The summed E-state index contributed by atoms with van der Waals surface area (Å²) in [5.74, 6) is 1.32. The van der Waals surface area contributed by atoms with Crippen molar-refractivity contribution < 1.29 is 22.7 Å². The number of primary sulfonamides is 1. The van der Waals surface area contributed by atoms with Gasteiger partial charge in [-0.3, -0.25) is 4.79 Å². The Balaban J connectivity index is 1.58. The van der Waals surface area contributed by atoms with Gasteiger partial charge in [0.05, 0.1) is 24.2 Å². The first kappa shape index (κ1) is 18.8. The standard InChI is InChI=1S/C20H22N2O5S/c21-28(24,25)16-7-4-14(5-8-16)20(23)22-10-1-3-17(22)15-6-9-18-19(13-15)27-12-2-11-26-18/h4-9,13,17H,1-3,10-12H2,(H2,21,24,25)/t17-/m1/s1. The topological polar surface area (TPSA) is 98.9 Å². The molecule has 2 aromatic carbocycles. The van der Waals surface area contributed by atoms with E-state index in [1.807, 2.05) is 23.1 Å². The van der Waals surface area contributed by atoms with Gasteiger partial charge in [-0.1, -0.05) is 6.07 Å². The molecule has 2 N–H and O–H groups in total. The summed E-state index contributed by atoms with van der Waals surface area (Å²) < 4.78 is 34.3. The Hall–Kier alpha value is -2.58. The third-order valence-electron chi connectivity index (χ3n) is 5.10. The molecule has 2 aliphatic heterocycles. The summed E-state index contributed by atoms with van der Waals surface area (Å²) in [5.41, 5.74) is 1.45. The molecule has 1 saturated heterocycles. The molecule has 1 atom stereocenters. The molecule has 28 heavy (non-hydrogen) atoms. The van der Waals surface area contributed by atoms with Crippen LogP contribution in [-0.4, -0.2) is 39.0 Å². The number of carbonyl (C=O) groups is 1. The number of hydrogen-bond donors (Lipinski definition) is 1. The molecule has 0 bridgehead atoms. The summed E-state index contributed by atoms with van der Waals surface area (Å²) in [4.78, 5) is 14.8. The van der Waals surface area contributed by atoms with Gasteiger partial charge in [0.2, 0.25) is 10.0 Å². The van der Waals surface area contributed by atoms with E-state index >= 15 is 0 Å². The monoisotopic (exact) mass is 402 g/mol. The van der Waals surface area contributed by atoms with Crippen molar-refractivity contribution in [1.29, 1.82) is 0 Å². The van der Waals surface area contributed by atoms with Crippen LogP contribution in [0.1, 0.15) is 41.2 Å². The first-order chi connectivity index (χ1) is 13.4. The van der Waals surface area contributed by atoms with Gasteiger partial charge in [-0.2, -0.15) is 0 Å². The van der Waals surface area contributed by atoms with Crippen LogP contribution in [0.4, 0.5) is 0 Å². The number of sulfonamides is 1. The zero-order chi connectivity index (χ0) is 19.7. The Bertz CT molecular complexity index is 988. The summed E-state index contributed by atoms with van der Waals surface area (Å²) in [6.07, 6.45) is 2.60. The summed E-state index contributed by atoms with van der Waals surface area (Å²) in [6, 6.07) is 11.5. The first-order valence-electron chi connectivity index (χ1n) is 9.27. The number of amides is 1. The fraction of sp³-hybridized carbons (Fsp3) is 0.350. The van der Waals surface area contributed by atoms with Crippen molar-refractivity contribution in [2.75, 3.05) is 19.8 Å². The molecule has 0 aliphatic carbocycles. The van der Waals surface area contributed by atoms with Crippen LogP contribution in [0.25, 0.3) is 0 Å². The number of hydrogen-bond acceptors (Lipinski definition) is 5. The minimum Gasteiger partial charge on any atom is -0.490 e. The second kappa shape index (κ2) is 7.44. The maximum absolute atomic E-state index is 13.0. The molecule has 8 heteroatoms. The lowest BCUT2D eigenvalue weighted by Crippen LogP contribution is -2.30. The predicted octanol–water partition coefficient (Wildman–Crippen LogP) is 2.47. The normalized spacial score (nSPS) is 19.3. The molecule has 7 nitrogen and oxygen atoms in total. The van der Waals surface area contributed by atoms with Crippen LogP contribution < -0.4 is 14.6 Å². The van der Waals surface area contributed by atoms with E-state index < -0.39 is 10.0 Å². The fourth-order valence-electron chi connectivity index (χ4n) is 3.70. The molecule has 2 aliphatic rings. The average Bonchev–Trinajstić information content (AvgIpc) is 3.05. The minimum atomic E-state index is -3.78. The second-order valence-electron chi connectivity index (χ2n) is 6.98. The zero-order valence-electron chi connectivity index (χ0n) is 15.3. The molecule has 1 fully saturated rings. The highest BCUT2D eigenvalue weighted by Crippen LogP contribution is 2.38. The Morgan fingerprint density at radius 3 is 2.43 bits per heavy atom. The smallest absolute Gasteiger partial charge is 0.254 e. The minimum absolute atomic E-state index is 0.00933. The van der Waals surface area contributed by atoms with Gasteiger partial charge in [-0.15, -0.1) is 0 Å². The van der Waals surface area contributed by atoms with Crippen molar-refractivity contribution in [3.05, 3.63) is 53.6 Å². The van der Waals surface area contributed by atoms with Gasteiger partial charge < -0.3 is 14.4 Å². The van der Waals surface area contributed by atoms with Crippen LogP contribution >= 0.6 is 0 Å². The Morgan fingerprint density at radius 2 is 1.71 bits per heavy atom. The summed E-state index contributed by atoms with van der Waals surface area (Å²) >= 11 is 0. The number of benzene rings is 2. The van der Waals surface area contributed by atoms with Crippen molar-refractivity contribution >= 4 is 15.9 Å². The van der Waals surface area contributed by atoms with Gasteiger partial charge in [0.15, 0.2) is 11.5 Å². The van der Waals surface area contributed by atoms with E-state index in [-0.39, 0.29) is 16.8 Å². The highest BCUT2D eigenvalue weighted by atomic mass is 32.2. The van der Waals surface area contributed by atoms with Crippen LogP contribution in [0.15, 0.2) is 47.4 Å². The van der Waals surface area contributed by atoms with E-state index in [0.29, 0.717) is 31.1 Å². The predicted molar refractivity (Wildman–Crippen MR) is 103 cm³/mol. The van der Waals surface area contributed by atoms with Gasteiger partial charge in [-0.05, 0) is 54.8 Å². The van der Waals surface area contributed by atoms with Crippen LogP contribution in [-0.2, 0) is 10.0 Å². The summed E-state index contributed by atoms with van der Waals surface area (Å²) in [6.45, 7) is 1.89. The fourth-order valence-corrected chi connectivity index (χ4v) is 4.21. The van der Waals surface area contributed by atoms with Crippen molar-refractivity contribution in [1.82, 2.24) is 4.90 Å². The molecule has 1 amide bonds. The van der Waals surface area contributed by atoms with Crippen LogP contribution in [0.5, 0.6) is 11.5 Å². The number of likely N-dealkylation sites (tertiary alicyclic amines) is 1. The van der Waals surface area contributed by atoms with E-state index in [9.17, 15) is 13.2 Å². The van der Waals surface area contributed by atoms with E-state index in [2.05, 4.69) is 0 Å². The Labute approximate surface area is 164 Å². The van der Waals surface area contributed by atoms with Crippen molar-refractivity contribution in [2.45, 2.75) is 30.2 Å². The van der Waals surface area contributed by atoms with Gasteiger partial charge in [0.25, 0.3) is 5.91 Å². The molecule has 4 rings (SSSR count). The van der Waals surface area contributed by atoms with Crippen LogP contribution in [0, 0.1) is 0 Å². The van der Waals surface area contributed by atoms with E-state index in [0.717, 1.165) is 30.6 Å². The maximum Gasteiger partial charge on any atom is 0.254 e. The molecular weight excluding hydrogens is 380 g/mol. The third-order valence-corrected chi connectivity index (χ3v) is 6.03. The molecule has 0 spiro atoms. The summed E-state index contributed by atoms with van der Waals surface area (Å²) in [5, 5.41) is 5.12. The van der Waals surface area contributed by atoms with Gasteiger partial charge >= 0.3 is 0 Å². The largest absolute Gasteiger partial charge is 0.490 e. The molecule has 0 unspecified atom stereocenters. The van der Waals surface area contributed by atoms with Crippen molar-refractivity contribution in [3.8, 4) is 11.5 Å². The maximum atomic E-state index is 13.0. The lowest BCUT2D eigenvalue weighted by atomic mass is 10.0. The number of nitrogens with zero attached hydrogens (tertiary/aromatic N) is 1. The quantitative estimate of drug-likeness (QED) is 0.850. The zero-order valence-corrected chi connectivity index (χ0v) is 16.2. The van der Waals surface area contributed by atoms with Crippen LogP contribution in [0.3, 0.4) is 0 Å². The lowest BCUT2D eigenvalue weighted by Gasteiger charge is -2.26. The third kappa shape index (κ3) is 3.70. The molecule has 2 heterocycles. The molecule has 148 valence electrons. The Morgan fingerprint density at radius 1 is 1.00 bits per heavy atom. The number of ether oxygens (including phenoxy) is 2. The number of fused-ring (bicyclic) bond motifs is 1. The molecule has 0 radical (unpaired) electrons. The summed E-state index contributed by atoms with van der Waals surface area (Å²) in [7, 11) is -3.78. The number of nitrogens with two attached hydrogens (primary N) is 1. The first-order valence-corrected chi connectivity index (χ1v) is 10.8. The number of rotatable bonds is 3. The van der Waals surface area contributed by atoms with Crippen molar-refractivity contribution in [2.24, 2.45) is 5.14 Å². The highest BCUT2D eigenvalue weighted by molar-refractivity contribution is 7.89. The number of carbonyl (C=O) groups excluding carboxylic acids is 1. The molecule has 2 aromatic rings. The SMILES string of the molecule is NS(=O)(=O)c1ccc(C(=O)N2CCC[C@@H]2c2ccc3c(c2)OCCCO3)cc1. The van der Waals surface area contributed by atoms with E-state index in [1.165, 1.54) is 24.3 Å². The van der Waals surface area contributed by atoms with Crippen LogP contribution in [0.2, 0.25) is 0 Å². The van der Waals surface area contributed by atoms with Crippen molar-refractivity contribution in [3.63, 3.8) is 0 Å². The van der Waals surface area contributed by atoms with E-state index in [1.54, 1.807) is 0 Å².